The first-order chi connectivity index (χ1) is 6.87. The molecule has 3 nitrogen and oxygen atoms in total. The quantitative estimate of drug-likeness (QED) is 0.609. The molecule has 0 saturated carbocycles. The average molecular weight is 214 g/mol. The summed E-state index contributed by atoms with van der Waals surface area (Å²) in [4.78, 5) is 0. The van der Waals surface area contributed by atoms with E-state index in [9.17, 15) is 0 Å². The summed E-state index contributed by atoms with van der Waals surface area (Å²) in [5.74, 6) is 0.651. The Kier molecular flexibility index (Phi) is 6.61. The fourth-order valence-corrected chi connectivity index (χ4v) is 1.40. The van der Waals surface area contributed by atoms with Crippen molar-refractivity contribution in [2.45, 2.75) is 46.1 Å². The summed E-state index contributed by atoms with van der Waals surface area (Å²) < 4.78 is 5.40. The van der Waals surface area contributed by atoms with Gasteiger partial charge in [0.25, 0.3) is 0 Å². The molecule has 90 valence electrons. The van der Waals surface area contributed by atoms with Crippen LogP contribution in [0.2, 0.25) is 0 Å². The summed E-state index contributed by atoms with van der Waals surface area (Å²) >= 11 is 0. The van der Waals surface area contributed by atoms with E-state index in [0.717, 1.165) is 25.1 Å². The molecule has 0 aliphatic carbocycles. The van der Waals surface area contributed by atoms with E-state index in [1.807, 2.05) is 13.8 Å². The van der Waals surface area contributed by atoms with Crippen LogP contribution in [-0.2, 0) is 4.74 Å². The fraction of sp³-hybridized carbons (Fsp3) is 0.833. The highest BCUT2D eigenvalue weighted by atomic mass is 16.5. The molecule has 0 unspecified atom stereocenters. The summed E-state index contributed by atoms with van der Waals surface area (Å²) in [5, 5.41) is 3.31. The van der Waals surface area contributed by atoms with Crippen molar-refractivity contribution in [2.24, 2.45) is 11.7 Å². The van der Waals surface area contributed by atoms with Crippen LogP contribution in [0.1, 0.15) is 40.5 Å². The van der Waals surface area contributed by atoms with Crippen LogP contribution in [0.5, 0.6) is 0 Å². The predicted octanol–water partition coefficient (Wildman–Crippen LogP) is 2.24. The molecular formula is C12H26N2O. The lowest BCUT2D eigenvalue weighted by molar-refractivity contribution is -0.0191. The second-order valence-corrected chi connectivity index (χ2v) is 4.95. The minimum atomic E-state index is -0.153. The van der Waals surface area contributed by atoms with E-state index in [-0.39, 0.29) is 12.3 Å². The molecule has 0 aromatic carbocycles. The third-order valence-corrected chi connectivity index (χ3v) is 2.23. The number of hydrogen-bond acceptors (Lipinski definition) is 3. The van der Waals surface area contributed by atoms with Crippen molar-refractivity contribution in [1.29, 1.82) is 0 Å². The van der Waals surface area contributed by atoms with Crippen LogP contribution < -0.4 is 11.1 Å². The molecule has 0 bridgehead atoms. The maximum Gasteiger partial charge on any atom is 0.0947 e. The van der Waals surface area contributed by atoms with Crippen molar-refractivity contribution in [3.05, 3.63) is 12.3 Å². The second-order valence-electron chi connectivity index (χ2n) is 4.95. The number of allylic oxidation sites excluding steroid dienone is 1. The molecule has 0 amide bonds. The normalized spacial score (nSPS) is 11.9. The van der Waals surface area contributed by atoms with E-state index < -0.39 is 0 Å². The maximum absolute atomic E-state index is 5.40. The van der Waals surface area contributed by atoms with Crippen LogP contribution in [0.3, 0.4) is 0 Å². The SMILES string of the molecule is C=C(CC(C)C)NCCC(C)(C)OCN. The van der Waals surface area contributed by atoms with Gasteiger partial charge in [-0.3, -0.25) is 0 Å². The Morgan fingerprint density at radius 1 is 1.47 bits per heavy atom. The minimum Gasteiger partial charge on any atom is -0.389 e. The van der Waals surface area contributed by atoms with Gasteiger partial charge in [-0.15, -0.1) is 0 Å². The molecule has 0 aromatic rings. The zero-order chi connectivity index (χ0) is 11.9. The van der Waals surface area contributed by atoms with Crippen LogP contribution in [-0.4, -0.2) is 18.9 Å². The number of rotatable bonds is 8. The summed E-state index contributed by atoms with van der Waals surface area (Å²) in [7, 11) is 0. The molecule has 3 N–H and O–H groups in total. The lowest BCUT2D eigenvalue weighted by Gasteiger charge is -2.25. The van der Waals surface area contributed by atoms with Gasteiger partial charge in [-0.1, -0.05) is 20.4 Å². The monoisotopic (exact) mass is 214 g/mol. The Morgan fingerprint density at radius 2 is 2.07 bits per heavy atom. The van der Waals surface area contributed by atoms with Gasteiger partial charge in [0, 0.05) is 12.2 Å². The Hall–Kier alpha value is -0.540. The second kappa shape index (κ2) is 6.85. The van der Waals surface area contributed by atoms with Crippen LogP contribution >= 0.6 is 0 Å². The molecule has 0 heterocycles. The molecule has 0 aliphatic rings. The maximum atomic E-state index is 5.40. The van der Waals surface area contributed by atoms with Crippen molar-refractivity contribution in [1.82, 2.24) is 5.32 Å². The van der Waals surface area contributed by atoms with E-state index in [0.29, 0.717) is 5.92 Å². The van der Waals surface area contributed by atoms with E-state index in [4.69, 9.17) is 10.5 Å². The van der Waals surface area contributed by atoms with Gasteiger partial charge in [0.05, 0.1) is 12.3 Å². The molecule has 15 heavy (non-hydrogen) atoms. The Balaban J connectivity index is 3.65. The Morgan fingerprint density at radius 3 is 2.53 bits per heavy atom. The molecule has 0 fully saturated rings. The van der Waals surface area contributed by atoms with Crippen LogP contribution in [0.25, 0.3) is 0 Å². The summed E-state index contributed by atoms with van der Waals surface area (Å²) in [5.41, 5.74) is 6.30. The van der Waals surface area contributed by atoms with E-state index in [1.54, 1.807) is 0 Å². The van der Waals surface area contributed by atoms with Gasteiger partial charge in [-0.2, -0.15) is 0 Å². The lowest BCUT2D eigenvalue weighted by Crippen LogP contribution is -2.32. The zero-order valence-electron chi connectivity index (χ0n) is 10.6. The highest BCUT2D eigenvalue weighted by Gasteiger charge is 2.16. The van der Waals surface area contributed by atoms with Crippen LogP contribution in [0.4, 0.5) is 0 Å². The first-order valence-corrected chi connectivity index (χ1v) is 5.63. The number of nitrogens with two attached hydrogens (primary N) is 1. The highest BCUT2D eigenvalue weighted by Crippen LogP contribution is 2.13. The van der Waals surface area contributed by atoms with Gasteiger partial charge in [0.1, 0.15) is 0 Å². The van der Waals surface area contributed by atoms with Crippen molar-refractivity contribution >= 4 is 0 Å². The molecule has 0 saturated heterocycles. The van der Waals surface area contributed by atoms with Crippen molar-refractivity contribution in [3.63, 3.8) is 0 Å². The molecule has 0 atom stereocenters. The molecule has 0 radical (unpaired) electrons. The number of hydrogen-bond donors (Lipinski definition) is 2. The largest absolute Gasteiger partial charge is 0.389 e. The van der Waals surface area contributed by atoms with Crippen LogP contribution in [0, 0.1) is 5.92 Å². The van der Waals surface area contributed by atoms with Gasteiger partial charge >= 0.3 is 0 Å². The third-order valence-electron chi connectivity index (χ3n) is 2.23. The standard InChI is InChI=1S/C12H26N2O/c1-10(2)8-11(3)14-7-6-12(4,5)15-9-13/h10,14H,3,6-9,13H2,1-2,4-5H3. The van der Waals surface area contributed by atoms with Crippen LogP contribution in [0.15, 0.2) is 12.3 Å². The predicted molar refractivity (Wildman–Crippen MR) is 65.4 cm³/mol. The van der Waals surface area contributed by atoms with Crippen molar-refractivity contribution in [2.75, 3.05) is 13.3 Å². The van der Waals surface area contributed by atoms with Gasteiger partial charge in [-0.25, -0.2) is 0 Å². The topological polar surface area (TPSA) is 47.3 Å². The van der Waals surface area contributed by atoms with Gasteiger partial charge in [-0.05, 0) is 32.6 Å². The molecule has 0 aromatic heterocycles. The van der Waals surface area contributed by atoms with Crippen molar-refractivity contribution in [3.8, 4) is 0 Å². The number of ether oxygens (including phenoxy) is 1. The van der Waals surface area contributed by atoms with Gasteiger partial charge in [0.2, 0.25) is 0 Å². The average Bonchev–Trinajstić information content (AvgIpc) is 2.01. The van der Waals surface area contributed by atoms with E-state index in [1.165, 1.54) is 0 Å². The smallest absolute Gasteiger partial charge is 0.0947 e. The summed E-state index contributed by atoms with van der Waals surface area (Å²) in [6.45, 7) is 13.6. The fourth-order valence-electron chi connectivity index (χ4n) is 1.40. The molecule has 0 spiro atoms. The Bertz CT molecular complexity index is 188. The lowest BCUT2D eigenvalue weighted by atomic mass is 10.0. The van der Waals surface area contributed by atoms with E-state index >= 15 is 0 Å². The molecule has 0 aliphatic heterocycles. The summed E-state index contributed by atoms with van der Waals surface area (Å²) in [6.07, 6.45) is 1.96. The van der Waals surface area contributed by atoms with Crippen molar-refractivity contribution < 1.29 is 4.74 Å². The molecule has 0 rings (SSSR count). The first kappa shape index (κ1) is 14.5. The van der Waals surface area contributed by atoms with Gasteiger partial charge < -0.3 is 15.8 Å². The minimum absolute atomic E-state index is 0.153. The zero-order valence-corrected chi connectivity index (χ0v) is 10.6. The molecular weight excluding hydrogens is 188 g/mol. The Labute approximate surface area is 94.1 Å². The summed E-state index contributed by atoms with van der Waals surface area (Å²) in [6, 6.07) is 0. The highest BCUT2D eigenvalue weighted by molar-refractivity contribution is 4.92. The van der Waals surface area contributed by atoms with Gasteiger partial charge in [0.15, 0.2) is 0 Å². The molecule has 3 heteroatoms. The van der Waals surface area contributed by atoms with E-state index in [2.05, 4.69) is 25.7 Å². The first-order valence-electron chi connectivity index (χ1n) is 5.63. The number of nitrogens with one attached hydrogen (secondary N) is 1. The third kappa shape index (κ3) is 8.45.